The number of piperidine rings is 1. The summed E-state index contributed by atoms with van der Waals surface area (Å²) in [7, 11) is 0. The summed E-state index contributed by atoms with van der Waals surface area (Å²) in [6.07, 6.45) is 2.27. The Balaban J connectivity index is 1.92. The predicted molar refractivity (Wildman–Crippen MR) is 71.7 cm³/mol. The van der Waals surface area contributed by atoms with Crippen molar-refractivity contribution in [2.75, 3.05) is 26.2 Å². The first-order chi connectivity index (χ1) is 8.28. The fraction of sp³-hybridized carbons (Fsp3) is 0.571. The monoisotopic (exact) mass is 233 g/mol. The van der Waals surface area contributed by atoms with E-state index in [1.165, 1.54) is 5.56 Å². The molecule has 17 heavy (non-hydrogen) atoms. The minimum absolute atomic E-state index is 0.309. The second-order valence-corrected chi connectivity index (χ2v) is 5.10. The van der Waals surface area contributed by atoms with E-state index in [4.69, 9.17) is 11.5 Å². The molecule has 4 N–H and O–H groups in total. The molecule has 3 heteroatoms. The van der Waals surface area contributed by atoms with Gasteiger partial charge in [0.2, 0.25) is 0 Å². The normalized spacial score (nSPS) is 26.0. The molecule has 3 nitrogen and oxygen atoms in total. The van der Waals surface area contributed by atoms with Crippen molar-refractivity contribution in [1.82, 2.24) is 4.90 Å². The van der Waals surface area contributed by atoms with Crippen molar-refractivity contribution in [3.63, 3.8) is 0 Å². The van der Waals surface area contributed by atoms with Gasteiger partial charge in [-0.05, 0) is 24.3 Å². The fourth-order valence-corrected chi connectivity index (χ4v) is 2.81. The summed E-state index contributed by atoms with van der Waals surface area (Å²) in [5.41, 5.74) is 13.2. The lowest BCUT2D eigenvalue weighted by Gasteiger charge is -2.36. The van der Waals surface area contributed by atoms with Crippen molar-refractivity contribution in [3.8, 4) is 0 Å². The van der Waals surface area contributed by atoms with E-state index in [0.29, 0.717) is 12.0 Å². The number of hydrogen-bond donors (Lipinski definition) is 2. The van der Waals surface area contributed by atoms with Crippen molar-refractivity contribution >= 4 is 0 Å². The standard InChI is InChI=1S/C14H23N3/c15-6-7-17-10-13(9-14(16)11-17)8-12-4-2-1-3-5-12/h1-5,13-14H,6-11,15-16H2. The minimum atomic E-state index is 0.309. The van der Waals surface area contributed by atoms with Gasteiger partial charge in [0.1, 0.15) is 0 Å². The summed E-state index contributed by atoms with van der Waals surface area (Å²) in [6, 6.07) is 11.0. The maximum Gasteiger partial charge on any atom is 0.0171 e. The molecule has 1 fully saturated rings. The average Bonchev–Trinajstić information content (AvgIpc) is 2.30. The van der Waals surface area contributed by atoms with Crippen LogP contribution in [0.3, 0.4) is 0 Å². The Hall–Kier alpha value is -0.900. The second-order valence-electron chi connectivity index (χ2n) is 5.10. The van der Waals surface area contributed by atoms with Crippen LogP contribution >= 0.6 is 0 Å². The highest BCUT2D eigenvalue weighted by Gasteiger charge is 2.24. The van der Waals surface area contributed by atoms with E-state index in [0.717, 1.165) is 39.0 Å². The smallest absolute Gasteiger partial charge is 0.0171 e. The maximum absolute atomic E-state index is 6.12. The first kappa shape index (κ1) is 12.6. The van der Waals surface area contributed by atoms with Crippen molar-refractivity contribution < 1.29 is 0 Å². The van der Waals surface area contributed by atoms with Crippen molar-refractivity contribution in [2.45, 2.75) is 18.9 Å². The number of hydrogen-bond acceptors (Lipinski definition) is 3. The average molecular weight is 233 g/mol. The molecule has 1 aromatic rings. The Morgan fingerprint density at radius 2 is 1.94 bits per heavy atom. The zero-order valence-electron chi connectivity index (χ0n) is 10.4. The van der Waals surface area contributed by atoms with Crippen LogP contribution in [-0.2, 0) is 6.42 Å². The van der Waals surface area contributed by atoms with E-state index in [2.05, 4.69) is 35.2 Å². The lowest BCUT2D eigenvalue weighted by Crippen LogP contribution is -2.48. The van der Waals surface area contributed by atoms with Gasteiger partial charge in [-0.1, -0.05) is 30.3 Å². The zero-order valence-corrected chi connectivity index (χ0v) is 10.4. The molecule has 0 amide bonds. The van der Waals surface area contributed by atoms with Crippen LogP contribution in [0.1, 0.15) is 12.0 Å². The lowest BCUT2D eigenvalue weighted by molar-refractivity contribution is 0.160. The van der Waals surface area contributed by atoms with Gasteiger partial charge >= 0.3 is 0 Å². The first-order valence-electron chi connectivity index (χ1n) is 6.50. The molecule has 0 saturated carbocycles. The van der Waals surface area contributed by atoms with Crippen LogP contribution in [0.25, 0.3) is 0 Å². The van der Waals surface area contributed by atoms with E-state index < -0.39 is 0 Å². The van der Waals surface area contributed by atoms with Gasteiger partial charge in [-0.25, -0.2) is 0 Å². The molecule has 0 radical (unpaired) electrons. The second kappa shape index (κ2) is 6.15. The van der Waals surface area contributed by atoms with Crippen LogP contribution in [0.2, 0.25) is 0 Å². The number of rotatable bonds is 4. The van der Waals surface area contributed by atoms with Gasteiger partial charge < -0.3 is 16.4 Å². The van der Waals surface area contributed by atoms with E-state index in [1.807, 2.05) is 0 Å². The van der Waals surface area contributed by atoms with Gasteiger partial charge in [-0.3, -0.25) is 0 Å². The SMILES string of the molecule is NCCN1CC(N)CC(Cc2ccccc2)C1. The molecular formula is C14H23N3. The number of benzene rings is 1. The summed E-state index contributed by atoms with van der Waals surface area (Å²) in [4.78, 5) is 2.40. The molecule has 0 aromatic heterocycles. The highest BCUT2D eigenvalue weighted by atomic mass is 15.2. The van der Waals surface area contributed by atoms with Crippen LogP contribution in [0.5, 0.6) is 0 Å². The molecule has 1 aromatic carbocycles. The fourth-order valence-electron chi connectivity index (χ4n) is 2.81. The number of nitrogens with zero attached hydrogens (tertiary/aromatic N) is 1. The van der Waals surface area contributed by atoms with Crippen molar-refractivity contribution in [3.05, 3.63) is 35.9 Å². The third kappa shape index (κ3) is 3.80. The van der Waals surface area contributed by atoms with Crippen molar-refractivity contribution in [1.29, 1.82) is 0 Å². The zero-order chi connectivity index (χ0) is 12.1. The van der Waals surface area contributed by atoms with Gasteiger partial charge in [0, 0.05) is 32.2 Å². The molecule has 0 spiro atoms. The Morgan fingerprint density at radius 3 is 2.65 bits per heavy atom. The van der Waals surface area contributed by atoms with Gasteiger partial charge in [-0.15, -0.1) is 0 Å². The topological polar surface area (TPSA) is 55.3 Å². The van der Waals surface area contributed by atoms with E-state index in [1.54, 1.807) is 0 Å². The molecule has 1 saturated heterocycles. The van der Waals surface area contributed by atoms with Crippen LogP contribution in [0.15, 0.2) is 30.3 Å². The Labute approximate surface area is 104 Å². The van der Waals surface area contributed by atoms with Gasteiger partial charge in [0.15, 0.2) is 0 Å². The van der Waals surface area contributed by atoms with E-state index >= 15 is 0 Å². The Bertz CT molecular complexity index is 325. The molecule has 1 aliphatic rings. The summed E-state index contributed by atoms with van der Waals surface area (Å²) in [5.74, 6) is 0.674. The van der Waals surface area contributed by atoms with Gasteiger partial charge in [0.05, 0.1) is 0 Å². The minimum Gasteiger partial charge on any atom is -0.329 e. The molecule has 0 aliphatic carbocycles. The molecule has 2 rings (SSSR count). The molecular weight excluding hydrogens is 210 g/mol. The molecule has 1 aliphatic heterocycles. The van der Waals surface area contributed by atoms with Crippen LogP contribution in [-0.4, -0.2) is 37.1 Å². The Kier molecular flexibility index (Phi) is 4.54. The quantitative estimate of drug-likeness (QED) is 0.810. The van der Waals surface area contributed by atoms with Gasteiger partial charge in [-0.2, -0.15) is 0 Å². The highest BCUT2D eigenvalue weighted by molar-refractivity contribution is 5.15. The van der Waals surface area contributed by atoms with E-state index in [-0.39, 0.29) is 0 Å². The van der Waals surface area contributed by atoms with Crippen LogP contribution in [0.4, 0.5) is 0 Å². The molecule has 94 valence electrons. The summed E-state index contributed by atoms with van der Waals surface area (Å²) in [6.45, 7) is 3.84. The molecule has 2 atom stereocenters. The predicted octanol–water partition coefficient (Wildman–Crippen LogP) is 0.837. The highest BCUT2D eigenvalue weighted by Crippen LogP contribution is 2.19. The molecule has 0 bridgehead atoms. The van der Waals surface area contributed by atoms with Crippen LogP contribution in [0, 0.1) is 5.92 Å². The molecule has 1 heterocycles. The number of likely N-dealkylation sites (tertiary alicyclic amines) is 1. The molecule has 2 unspecified atom stereocenters. The lowest BCUT2D eigenvalue weighted by atomic mass is 9.89. The van der Waals surface area contributed by atoms with Crippen LogP contribution < -0.4 is 11.5 Å². The Morgan fingerprint density at radius 1 is 1.18 bits per heavy atom. The first-order valence-corrected chi connectivity index (χ1v) is 6.50. The largest absolute Gasteiger partial charge is 0.329 e. The van der Waals surface area contributed by atoms with Crippen molar-refractivity contribution in [2.24, 2.45) is 17.4 Å². The number of nitrogens with two attached hydrogens (primary N) is 2. The third-order valence-corrected chi connectivity index (χ3v) is 3.46. The summed E-state index contributed by atoms with van der Waals surface area (Å²) < 4.78 is 0. The van der Waals surface area contributed by atoms with Gasteiger partial charge in [0.25, 0.3) is 0 Å². The maximum atomic E-state index is 6.12. The summed E-state index contributed by atoms with van der Waals surface area (Å²) in [5, 5.41) is 0. The third-order valence-electron chi connectivity index (χ3n) is 3.46. The summed E-state index contributed by atoms with van der Waals surface area (Å²) >= 11 is 0. The van der Waals surface area contributed by atoms with E-state index in [9.17, 15) is 0 Å².